The van der Waals surface area contributed by atoms with E-state index in [0.29, 0.717) is 44.0 Å². The number of oxazole rings is 1. The highest BCUT2D eigenvalue weighted by Crippen LogP contribution is 2.25. The summed E-state index contributed by atoms with van der Waals surface area (Å²) in [4.78, 5) is 27.3. The summed E-state index contributed by atoms with van der Waals surface area (Å²) in [5.41, 5.74) is 10.1. The Morgan fingerprint density at radius 3 is 2.21 bits per heavy atom. The second kappa shape index (κ2) is 12.3. The number of benzene rings is 4. The van der Waals surface area contributed by atoms with Gasteiger partial charge in [0.1, 0.15) is 5.52 Å². The third kappa shape index (κ3) is 6.91. The zero-order chi connectivity index (χ0) is 27.1. The van der Waals surface area contributed by atoms with Crippen LogP contribution in [0.15, 0.2) is 95.4 Å². The van der Waals surface area contributed by atoms with E-state index in [0.717, 1.165) is 12.1 Å². The largest absolute Gasteiger partial charge is 0.423 e. The molecule has 9 heteroatoms. The van der Waals surface area contributed by atoms with Crippen LogP contribution in [0, 0.1) is 0 Å². The highest BCUT2D eigenvalue weighted by atomic mass is 35.5. The van der Waals surface area contributed by atoms with E-state index < -0.39 is 5.91 Å². The molecule has 0 saturated carbocycles. The maximum Gasteiger partial charge on any atom is 0.300 e. The molecule has 0 aliphatic carbocycles. The Hall–Kier alpha value is -4.33. The fraction of sp³-hybridized carbons (Fsp3) is 0.0690. The van der Waals surface area contributed by atoms with Gasteiger partial charge in [-0.05, 0) is 72.6 Å². The van der Waals surface area contributed by atoms with Crippen molar-refractivity contribution in [3.63, 3.8) is 0 Å². The quantitative estimate of drug-likeness (QED) is 0.204. The van der Waals surface area contributed by atoms with Crippen LogP contribution in [-0.4, -0.2) is 16.8 Å². The molecule has 0 spiro atoms. The third-order valence-electron chi connectivity index (χ3n) is 5.50. The number of carbonyl (C=O) groups is 2. The Balaban J connectivity index is 0.000000257. The van der Waals surface area contributed by atoms with E-state index in [-0.39, 0.29) is 5.91 Å². The maximum absolute atomic E-state index is 12.3. The molecule has 1 heterocycles. The number of nitrogens with two attached hydrogens (primary N) is 1. The molecule has 5 rings (SSSR count). The number of hydrogen-bond acceptors (Lipinski definition) is 5. The summed E-state index contributed by atoms with van der Waals surface area (Å²) >= 11 is 11.2. The zero-order valence-electron chi connectivity index (χ0n) is 20.4. The number of aryl methyl sites for hydroxylation is 1. The van der Waals surface area contributed by atoms with E-state index in [9.17, 15) is 9.59 Å². The predicted molar refractivity (Wildman–Crippen MR) is 152 cm³/mol. The molecule has 5 aromatic rings. The topological polar surface area (TPSA) is 110 Å². The first kappa shape index (κ1) is 26.7. The predicted octanol–water partition coefficient (Wildman–Crippen LogP) is 7.48. The number of amides is 2. The van der Waals surface area contributed by atoms with Gasteiger partial charge in [0.25, 0.3) is 11.9 Å². The molecule has 1 aromatic heterocycles. The van der Waals surface area contributed by atoms with E-state index in [2.05, 4.69) is 34.7 Å². The lowest BCUT2D eigenvalue weighted by Crippen LogP contribution is -2.11. The van der Waals surface area contributed by atoms with E-state index in [1.165, 1.54) is 23.8 Å². The van der Waals surface area contributed by atoms with Crippen molar-refractivity contribution in [1.82, 2.24) is 4.98 Å². The minimum atomic E-state index is -0.511. The van der Waals surface area contributed by atoms with Crippen LogP contribution in [0.3, 0.4) is 0 Å². The van der Waals surface area contributed by atoms with Crippen LogP contribution in [0.25, 0.3) is 11.1 Å². The number of nitrogens with one attached hydrogen (secondary N) is 2. The maximum atomic E-state index is 12.3. The molecule has 0 atom stereocenters. The monoisotopic (exact) mass is 546 g/mol. The average molecular weight is 547 g/mol. The molecule has 4 aromatic carbocycles. The Bertz CT molecular complexity index is 1570. The fourth-order valence-corrected chi connectivity index (χ4v) is 3.75. The van der Waals surface area contributed by atoms with Crippen molar-refractivity contribution in [2.24, 2.45) is 5.73 Å². The first-order valence-corrected chi connectivity index (χ1v) is 12.5. The number of carbonyl (C=O) groups excluding carboxylic acids is 2. The summed E-state index contributed by atoms with van der Waals surface area (Å²) in [6.45, 7) is 2.12. The molecule has 4 N–H and O–H groups in total. The summed E-state index contributed by atoms with van der Waals surface area (Å²) in [5.74, 6) is -0.670. The van der Waals surface area contributed by atoms with E-state index in [1.807, 2.05) is 30.3 Å². The molecule has 0 radical (unpaired) electrons. The van der Waals surface area contributed by atoms with Gasteiger partial charge < -0.3 is 20.8 Å². The van der Waals surface area contributed by atoms with Crippen molar-refractivity contribution in [2.45, 2.75) is 13.3 Å². The summed E-state index contributed by atoms with van der Waals surface area (Å²) in [6, 6.07) is 27.5. The molecule has 38 heavy (non-hydrogen) atoms. The first-order valence-electron chi connectivity index (χ1n) is 11.7. The van der Waals surface area contributed by atoms with E-state index in [1.54, 1.807) is 30.3 Å². The minimum Gasteiger partial charge on any atom is -0.423 e. The van der Waals surface area contributed by atoms with E-state index in [4.69, 9.17) is 33.4 Å². The minimum absolute atomic E-state index is 0.159. The molecular weight excluding hydrogens is 523 g/mol. The van der Waals surface area contributed by atoms with Gasteiger partial charge in [-0.25, -0.2) is 0 Å². The van der Waals surface area contributed by atoms with Crippen molar-refractivity contribution >= 4 is 63.5 Å². The molecule has 0 unspecified atom stereocenters. The summed E-state index contributed by atoms with van der Waals surface area (Å²) in [6.07, 6.45) is 1.00. The van der Waals surface area contributed by atoms with Gasteiger partial charge in [-0.15, -0.1) is 0 Å². The molecule has 0 saturated heterocycles. The summed E-state index contributed by atoms with van der Waals surface area (Å²) in [5, 5.41) is 6.80. The fourth-order valence-electron chi connectivity index (χ4n) is 3.45. The second-order valence-corrected chi connectivity index (χ2v) is 9.00. The molecule has 0 fully saturated rings. The molecule has 192 valence electrons. The van der Waals surface area contributed by atoms with Crippen molar-refractivity contribution < 1.29 is 14.0 Å². The number of fused-ring (bicyclic) bond motifs is 1. The Labute approximate surface area is 229 Å². The second-order valence-electron chi connectivity index (χ2n) is 8.19. The van der Waals surface area contributed by atoms with Gasteiger partial charge in [0.15, 0.2) is 5.58 Å². The zero-order valence-corrected chi connectivity index (χ0v) is 21.9. The van der Waals surface area contributed by atoms with Crippen LogP contribution >= 0.6 is 23.2 Å². The summed E-state index contributed by atoms with van der Waals surface area (Å²) < 4.78 is 5.74. The smallest absolute Gasteiger partial charge is 0.300 e. The van der Waals surface area contributed by atoms with Gasteiger partial charge in [-0.2, -0.15) is 4.98 Å². The van der Waals surface area contributed by atoms with Gasteiger partial charge >= 0.3 is 0 Å². The van der Waals surface area contributed by atoms with Crippen molar-refractivity contribution in [3.8, 4) is 0 Å². The third-order valence-corrected chi connectivity index (χ3v) is 6.24. The molecule has 7 nitrogen and oxygen atoms in total. The lowest BCUT2D eigenvalue weighted by atomic mass is 10.1. The van der Waals surface area contributed by atoms with Crippen molar-refractivity contribution in [2.75, 3.05) is 10.6 Å². The highest BCUT2D eigenvalue weighted by Gasteiger charge is 2.10. The number of halogens is 2. The highest BCUT2D eigenvalue weighted by molar-refractivity contribution is 6.42. The standard InChI is InChI=1S/C22H19N3O2.C7H5Cl2NO/c1-2-15-8-10-17(11-9-15)24-22-25-19-14-18(12-13-20(19)27-22)23-21(26)16-6-4-3-5-7-16;8-5-2-1-4(7(10)11)3-6(5)9/h3-14H,2H2,1H3,(H,23,26)(H,24,25);1-3H,(H2,10,11). The van der Waals surface area contributed by atoms with Crippen LogP contribution < -0.4 is 16.4 Å². The Kier molecular flexibility index (Phi) is 8.63. The lowest BCUT2D eigenvalue weighted by molar-refractivity contribution is 0.0997. The Morgan fingerprint density at radius 2 is 1.55 bits per heavy atom. The lowest BCUT2D eigenvalue weighted by Gasteiger charge is -2.04. The van der Waals surface area contributed by atoms with Crippen LogP contribution in [0.2, 0.25) is 10.0 Å². The number of hydrogen-bond donors (Lipinski definition) is 3. The molecule has 0 aliphatic rings. The molecule has 0 aliphatic heterocycles. The van der Waals surface area contributed by atoms with Crippen LogP contribution in [-0.2, 0) is 6.42 Å². The van der Waals surface area contributed by atoms with Gasteiger partial charge in [-0.1, -0.05) is 60.5 Å². The van der Waals surface area contributed by atoms with Crippen LogP contribution in [0.4, 0.5) is 17.4 Å². The van der Waals surface area contributed by atoms with Gasteiger partial charge in [0.05, 0.1) is 10.0 Å². The number of primary amides is 1. The molecule has 2 amide bonds. The van der Waals surface area contributed by atoms with E-state index >= 15 is 0 Å². The van der Waals surface area contributed by atoms with Crippen LogP contribution in [0.5, 0.6) is 0 Å². The summed E-state index contributed by atoms with van der Waals surface area (Å²) in [7, 11) is 0. The van der Waals surface area contributed by atoms with Gasteiger partial charge in [0.2, 0.25) is 5.91 Å². The normalized spacial score (nSPS) is 10.4. The SMILES string of the molecule is CCc1ccc(Nc2nc3cc(NC(=O)c4ccccc4)ccc3o2)cc1.NC(=O)c1ccc(Cl)c(Cl)c1. The molecular formula is C29H24Cl2N4O3. The van der Waals surface area contributed by atoms with Crippen molar-refractivity contribution in [3.05, 3.63) is 118 Å². The number of aromatic nitrogens is 1. The van der Waals surface area contributed by atoms with Gasteiger partial charge in [-0.3, -0.25) is 9.59 Å². The molecule has 0 bridgehead atoms. The number of rotatable bonds is 6. The number of nitrogens with zero attached hydrogens (tertiary/aromatic N) is 1. The average Bonchev–Trinajstić information content (AvgIpc) is 3.33. The van der Waals surface area contributed by atoms with Gasteiger partial charge in [0, 0.05) is 22.5 Å². The first-order chi connectivity index (χ1) is 18.3. The van der Waals surface area contributed by atoms with Crippen LogP contribution in [0.1, 0.15) is 33.2 Å². The number of anilines is 3. The Morgan fingerprint density at radius 1 is 0.842 bits per heavy atom. The van der Waals surface area contributed by atoms with Crippen molar-refractivity contribution in [1.29, 1.82) is 0 Å².